The molecule has 1 aromatic carbocycles. The van der Waals surface area contributed by atoms with E-state index in [9.17, 15) is 0 Å². The molecule has 0 amide bonds. The van der Waals surface area contributed by atoms with Crippen LogP contribution in [0.2, 0.25) is 0 Å². The molecule has 0 fully saturated rings. The Morgan fingerprint density at radius 2 is 2.27 bits per heavy atom. The van der Waals surface area contributed by atoms with Crippen molar-refractivity contribution in [2.75, 3.05) is 5.73 Å². The van der Waals surface area contributed by atoms with Gasteiger partial charge in [-0.3, -0.25) is 0 Å². The van der Waals surface area contributed by atoms with Gasteiger partial charge in [-0.05, 0) is 35.0 Å². The van der Waals surface area contributed by atoms with Crippen molar-refractivity contribution in [3.05, 3.63) is 33.7 Å². The number of aromatic nitrogens is 1. The summed E-state index contributed by atoms with van der Waals surface area (Å²) in [6, 6.07) is 5.43. The molecule has 0 saturated heterocycles. The molecule has 5 heteroatoms. The van der Waals surface area contributed by atoms with Gasteiger partial charge in [0.05, 0.1) is 10.2 Å². The zero-order chi connectivity index (χ0) is 10.8. The SMILES string of the molecule is Cc1csc(Oc2cc(N)ccc2Br)n1. The summed E-state index contributed by atoms with van der Waals surface area (Å²) in [4.78, 5) is 4.21. The number of benzene rings is 1. The molecule has 1 aromatic heterocycles. The van der Waals surface area contributed by atoms with Crippen LogP contribution < -0.4 is 10.5 Å². The first-order chi connectivity index (χ1) is 7.15. The maximum absolute atomic E-state index is 5.67. The molecule has 0 saturated carbocycles. The van der Waals surface area contributed by atoms with Gasteiger partial charge in [-0.15, -0.1) is 0 Å². The number of nitrogens with zero attached hydrogens (tertiary/aromatic N) is 1. The van der Waals surface area contributed by atoms with Crippen molar-refractivity contribution in [1.82, 2.24) is 4.98 Å². The van der Waals surface area contributed by atoms with E-state index in [1.165, 1.54) is 11.3 Å². The van der Waals surface area contributed by atoms with Gasteiger partial charge in [-0.2, -0.15) is 0 Å². The smallest absolute Gasteiger partial charge is 0.278 e. The van der Waals surface area contributed by atoms with Crippen LogP contribution in [0.5, 0.6) is 10.9 Å². The average Bonchev–Trinajstić information content (AvgIpc) is 2.58. The van der Waals surface area contributed by atoms with E-state index in [1.807, 2.05) is 24.4 Å². The molecule has 0 bridgehead atoms. The van der Waals surface area contributed by atoms with Gasteiger partial charge < -0.3 is 10.5 Å². The van der Waals surface area contributed by atoms with Crippen LogP contribution in [0.15, 0.2) is 28.1 Å². The molecule has 0 aliphatic rings. The Morgan fingerprint density at radius 3 is 2.93 bits per heavy atom. The number of nitrogen functional groups attached to an aromatic ring is 1. The van der Waals surface area contributed by atoms with Crippen LogP contribution in [0.1, 0.15) is 5.69 Å². The third-order valence-electron chi connectivity index (χ3n) is 1.75. The maximum Gasteiger partial charge on any atom is 0.278 e. The van der Waals surface area contributed by atoms with Crippen LogP contribution in [0.4, 0.5) is 5.69 Å². The summed E-state index contributed by atoms with van der Waals surface area (Å²) in [5.74, 6) is 0.685. The minimum Gasteiger partial charge on any atom is -0.430 e. The van der Waals surface area contributed by atoms with Crippen LogP contribution in [-0.2, 0) is 0 Å². The standard InChI is InChI=1S/C10H9BrN2OS/c1-6-5-15-10(13-6)14-9-4-7(12)2-3-8(9)11/h2-5H,12H2,1H3. The lowest BCUT2D eigenvalue weighted by Crippen LogP contribution is -1.88. The van der Waals surface area contributed by atoms with Crippen LogP contribution in [-0.4, -0.2) is 4.98 Å². The largest absolute Gasteiger partial charge is 0.430 e. The van der Waals surface area contributed by atoms with Gasteiger partial charge in [0, 0.05) is 17.1 Å². The summed E-state index contributed by atoms with van der Waals surface area (Å²) in [6.07, 6.45) is 0. The number of aryl methyl sites for hydroxylation is 1. The third-order valence-corrected chi connectivity index (χ3v) is 3.24. The normalized spacial score (nSPS) is 10.3. The number of nitrogens with two attached hydrogens (primary N) is 1. The van der Waals surface area contributed by atoms with E-state index >= 15 is 0 Å². The summed E-state index contributed by atoms with van der Waals surface area (Å²) >= 11 is 4.85. The first-order valence-electron chi connectivity index (χ1n) is 4.30. The molecule has 0 atom stereocenters. The lowest BCUT2D eigenvalue weighted by Gasteiger charge is -2.04. The Kier molecular flexibility index (Phi) is 2.93. The lowest BCUT2D eigenvalue weighted by molar-refractivity contribution is 0.475. The fourth-order valence-electron chi connectivity index (χ4n) is 1.07. The van der Waals surface area contributed by atoms with Crippen molar-refractivity contribution >= 4 is 33.0 Å². The molecule has 2 aromatic rings. The number of thiazole rings is 1. The van der Waals surface area contributed by atoms with Gasteiger partial charge >= 0.3 is 0 Å². The highest BCUT2D eigenvalue weighted by Crippen LogP contribution is 2.32. The fourth-order valence-corrected chi connectivity index (χ4v) is 2.06. The van der Waals surface area contributed by atoms with E-state index in [0.717, 1.165) is 10.2 Å². The predicted octanol–water partition coefficient (Wildman–Crippen LogP) is 3.59. The molecule has 0 aliphatic carbocycles. The van der Waals surface area contributed by atoms with Crippen molar-refractivity contribution in [2.24, 2.45) is 0 Å². The van der Waals surface area contributed by atoms with Crippen LogP contribution in [0.25, 0.3) is 0 Å². The van der Waals surface area contributed by atoms with Crippen molar-refractivity contribution in [3.8, 4) is 10.9 Å². The molecule has 2 rings (SSSR count). The third kappa shape index (κ3) is 2.49. The van der Waals surface area contributed by atoms with Gasteiger partial charge in [0.15, 0.2) is 0 Å². The van der Waals surface area contributed by atoms with E-state index in [0.29, 0.717) is 16.6 Å². The Balaban J connectivity index is 2.27. The topological polar surface area (TPSA) is 48.1 Å². The number of halogens is 1. The van der Waals surface area contributed by atoms with Gasteiger partial charge in [-0.25, -0.2) is 4.98 Å². The quantitative estimate of drug-likeness (QED) is 0.858. The van der Waals surface area contributed by atoms with Gasteiger partial charge in [-0.1, -0.05) is 11.3 Å². The minimum absolute atomic E-state index is 0.624. The molecular formula is C10H9BrN2OS. The van der Waals surface area contributed by atoms with E-state index < -0.39 is 0 Å². The molecular weight excluding hydrogens is 276 g/mol. The van der Waals surface area contributed by atoms with E-state index in [1.54, 1.807) is 6.07 Å². The number of anilines is 1. The van der Waals surface area contributed by atoms with E-state index in [2.05, 4.69) is 20.9 Å². The molecule has 78 valence electrons. The molecule has 0 spiro atoms. The summed E-state index contributed by atoms with van der Waals surface area (Å²) in [6.45, 7) is 1.93. The van der Waals surface area contributed by atoms with Crippen molar-refractivity contribution in [1.29, 1.82) is 0 Å². The van der Waals surface area contributed by atoms with Crippen molar-refractivity contribution in [2.45, 2.75) is 6.92 Å². The second kappa shape index (κ2) is 4.20. The molecule has 1 heterocycles. The Morgan fingerprint density at radius 1 is 1.47 bits per heavy atom. The highest BCUT2D eigenvalue weighted by atomic mass is 79.9. The molecule has 15 heavy (non-hydrogen) atoms. The lowest BCUT2D eigenvalue weighted by atomic mass is 10.3. The van der Waals surface area contributed by atoms with Crippen LogP contribution in [0, 0.1) is 6.92 Å². The first-order valence-corrected chi connectivity index (χ1v) is 5.97. The van der Waals surface area contributed by atoms with Gasteiger partial charge in [0.1, 0.15) is 5.75 Å². The summed E-state index contributed by atoms with van der Waals surface area (Å²) in [5, 5.41) is 2.56. The number of rotatable bonds is 2. The zero-order valence-electron chi connectivity index (χ0n) is 8.03. The number of hydrogen-bond donors (Lipinski definition) is 1. The second-order valence-corrected chi connectivity index (χ2v) is 4.72. The summed E-state index contributed by atoms with van der Waals surface area (Å²) in [7, 11) is 0. The molecule has 0 unspecified atom stereocenters. The van der Waals surface area contributed by atoms with Gasteiger partial charge in [0.25, 0.3) is 5.19 Å². The number of hydrogen-bond acceptors (Lipinski definition) is 4. The van der Waals surface area contributed by atoms with Crippen molar-refractivity contribution < 1.29 is 4.74 Å². The Labute approximate surface area is 100 Å². The predicted molar refractivity (Wildman–Crippen MR) is 65.5 cm³/mol. The summed E-state index contributed by atoms with van der Waals surface area (Å²) in [5.41, 5.74) is 7.29. The highest BCUT2D eigenvalue weighted by molar-refractivity contribution is 9.10. The average molecular weight is 285 g/mol. The van der Waals surface area contributed by atoms with Crippen LogP contribution >= 0.6 is 27.3 Å². The van der Waals surface area contributed by atoms with E-state index in [4.69, 9.17) is 10.5 Å². The first kappa shape index (κ1) is 10.4. The minimum atomic E-state index is 0.624. The molecule has 0 aliphatic heterocycles. The summed E-state index contributed by atoms with van der Waals surface area (Å²) < 4.78 is 6.46. The van der Waals surface area contributed by atoms with E-state index in [-0.39, 0.29) is 0 Å². The fraction of sp³-hybridized carbons (Fsp3) is 0.100. The molecule has 2 N–H and O–H groups in total. The highest BCUT2D eigenvalue weighted by Gasteiger charge is 2.05. The maximum atomic E-state index is 5.67. The second-order valence-electron chi connectivity index (χ2n) is 3.05. The van der Waals surface area contributed by atoms with Crippen LogP contribution in [0.3, 0.4) is 0 Å². The molecule has 0 radical (unpaired) electrons. The molecule has 3 nitrogen and oxygen atoms in total. The Hall–Kier alpha value is -1.07. The van der Waals surface area contributed by atoms with Crippen molar-refractivity contribution in [3.63, 3.8) is 0 Å². The van der Waals surface area contributed by atoms with Gasteiger partial charge in [0.2, 0.25) is 0 Å². The zero-order valence-corrected chi connectivity index (χ0v) is 10.4. The number of ether oxygens (including phenoxy) is 1. The monoisotopic (exact) mass is 284 g/mol. The Bertz CT molecular complexity index is 484.